The van der Waals surface area contributed by atoms with Crippen LogP contribution in [0.5, 0.6) is 0 Å². The van der Waals surface area contributed by atoms with Gasteiger partial charge < -0.3 is 10.2 Å². The van der Waals surface area contributed by atoms with Crippen molar-refractivity contribution in [2.75, 3.05) is 26.2 Å². The third-order valence-corrected chi connectivity index (χ3v) is 3.40. The Hall–Kier alpha value is -1.63. The Morgan fingerprint density at radius 2 is 1.86 bits per heavy atom. The number of nitrogens with one attached hydrogen (secondary N) is 1. The third kappa shape index (κ3) is 4.42. The van der Waals surface area contributed by atoms with Crippen LogP contribution in [-0.2, 0) is 6.18 Å². The summed E-state index contributed by atoms with van der Waals surface area (Å²) in [4.78, 5) is 13.9. The molecule has 1 heterocycles. The lowest BCUT2D eigenvalue weighted by atomic mass is 10.1. The van der Waals surface area contributed by atoms with Gasteiger partial charge in [0.2, 0.25) is 0 Å². The van der Waals surface area contributed by atoms with Crippen molar-refractivity contribution in [1.82, 2.24) is 10.2 Å². The van der Waals surface area contributed by atoms with Crippen LogP contribution >= 0.6 is 0 Å². The van der Waals surface area contributed by atoms with Crippen LogP contribution in [0.25, 0.3) is 0 Å². The molecule has 7 heteroatoms. The van der Waals surface area contributed by atoms with Gasteiger partial charge in [0.1, 0.15) is 5.82 Å². The fraction of sp³-hybridized carbons (Fsp3) is 0.500. The Kier molecular flexibility index (Phi) is 4.82. The number of carbonyl (C=O) groups is 1. The zero-order chi connectivity index (χ0) is 15.5. The second kappa shape index (κ2) is 6.43. The van der Waals surface area contributed by atoms with Crippen molar-refractivity contribution in [3.63, 3.8) is 0 Å². The topological polar surface area (TPSA) is 32.3 Å². The molecule has 1 N–H and O–H groups in total. The first-order chi connectivity index (χ1) is 9.86. The molecule has 0 bridgehead atoms. The SMILES string of the molecule is O=C(NCCN1CCCC1)c1cc(F)cc(C(F)(F)F)c1. The van der Waals surface area contributed by atoms with E-state index in [2.05, 4.69) is 10.2 Å². The minimum absolute atomic E-state index is 0.316. The van der Waals surface area contributed by atoms with Gasteiger partial charge in [-0.3, -0.25) is 4.79 Å². The van der Waals surface area contributed by atoms with Crippen molar-refractivity contribution in [3.8, 4) is 0 Å². The molecule has 0 unspecified atom stereocenters. The average molecular weight is 304 g/mol. The molecular weight excluding hydrogens is 288 g/mol. The Morgan fingerprint density at radius 1 is 1.19 bits per heavy atom. The minimum atomic E-state index is -4.67. The molecule has 0 atom stereocenters. The van der Waals surface area contributed by atoms with E-state index in [-0.39, 0.29) is 5.56 Å². The van der Waals surface area contributed by atoms with Gasteiger partial charge in [-0.2, -0.15) is 13.2 Å². The van der Waals surface area contributed by atoms with Gasteiger partial charge in [0.15, 0.2) is 0 Å². The summed E-state index contributed by atoms with van der Waals surface area (Å²) < 4.78 is 50.9. The van der Waals surface area contributed by atoms with E-state index in [0.717, 1.165) is 32.0 Å². The van der Waals surface area contributed by atoms with E-state index in [0.29, 0.717) is 25.2 Å². The number of likely N-dealkylation sites (tertiary alicyclic amines) is 1. The molecule has 2 rings (SSSR count). The predicted octanol–water partition coefficient (Wildman–Crippen LogP) is 2.67. The summed E-state index contributed by atoms with van der Waals surface area (Å²) in [5, 5.41) is 2.52. The molecule has 1 amide bonds. The molecule has 0 radical (unpaired) electrons. The molecule has 1 saturated heterocycles. The number of amides is 1. The van der Waals surface area contributed by atoms with E-state index in [4.69, 9.17) is 0 Å². The van der Waals surface area contributed by atoms with Crippen molar-refractivity contribution >= 4 is 5.91 Å². The maximum Gasteiger partial charge on any atom is 0.416 e. The van der Waals surface area contributed by atoms with Crippen LogP contribution in [0.4, 0.5) is 17.6 Å². The third-order valence-electron chi connectivity index (χ3n) is 3.40. The van der Waals surface area contributed by atoms with E-state index in [1.165, 1.54) is 0 Å². The Bertz CT molecular complexity index is 510. The van der Waals surface area contributed by atoms with Crippen LogP contribution in [0.1, 0.15) is 28.8 Å². The Morgan fingerprint density at radius 3 is 2.48 bits per heavy atom. The van der Waals surface area contributed by atoms with Gasteiger partial charge in [-0.05, 0) is 44.1 Å². The van der Waals surface area contributed by atoms with E-state index in [9.17, 15) is 22.4 Å². The summed E-state index contributed by atoms with van der Waals surface area (Å²) in [6, 6.07) is 1.84. The van der Waals surface area contributed by atoms with Crippen molar-refractivity contribution in [1.29, 1.82) is 0 Å². The Balaban J connectivity index is 1.96. The van der Waals surface area contributed by atoms with Crippen molar-refractivity contribution in [2.45, 2.75) is 19.0 Å². The highest BCUT2D eigenvalue weighted by Gasteiger charge is 2.32. The number of hydrogen-bond acceptors (Lipinski definition) is 2. The van der Waals surface area contributed by atoms with Gasteiger partial charge in [0, 0.05) is 18.7 Å². The highest BCUT2D eigenvalue weighted by molar-refractivity contribution is 5.94. The van der Waals surface area contributed by atoms with E-state index >= 15 is 0 Å². The predicted molar refractivity (Wildman–Crippen MR) is 69.4 cm³/mol. The first kappa shape index (κ1) is 15.8. The smallest absolute Gasteiger partial charge is 0.351 e. The van der Waals surface area contributed by atoms with Gasteiger partial charge in [0.05, 0.1) is 5.56 Å². The second-order valence-corrected chi connectivity index (χ2v) is 5.03. The molecule has 0 saturated carbocycles. The summed E-state index contributed by atoms with van der Waals surface area (Å²) in [6.45, 7) is 2.91. The number of benzene rings is 1. The fourth-order valence-corrected chi connectivity index (χ4v) is 2.32. The molecule has 1 aromatic rings. The molecule has 0 aromatic heterocycles. The molecule has 1 aliphatic heterocycles. The first-order valence-electron chi connectivity index (χ1n) is 6.74. The largest absolute Gasteiger partial charge is 0.416 e. The van der Waals surface area contributed by atoms with Crippen LogP contribution in [0, 0.1) is 5.82 Å². The first-order valence-corrected chi connectivity index (χ1v) is 6.74. The number of nitrogens with zero attached hydrogens (tertiary/aromatic N) is 1. The van der Waals surface area contributed by atoms with Crippen LogP contribution in [0.3, 0.4) is 0 Å². The minimum Gasteiger partial charge on any atom is -0.351 e. The molecule has 1 aromatic carbocycles. The molecular formula is C14H16F4N2O. The second-order valence-electron chi connectivity index (χ2n) is 5.03. The highest BCUT2D eigenvalue weighted by atomic mass is 19.4. The lowest BCUT2D eigenvalue weighted by Crippen LogP contribution is -2.33. The average Bonchev–Trinajstić information content (AvgIpc) is 2.90. The zero-order valence-corrected chi connectivity index (χ0v) is 11.3. The van der Waals surface area contributed by atoms with Gasteiger partial charge in [-0.15, -0.1) is 0 Å². The van der Waals surface area contributed by atoms with Crippen LogP contribution in [-0.4, -0.2) is 37.0 Å². The number of alkyl halides is 3. The van der Waals surface area contributed by atoms with Gasteiger partial charge in [-0.1, -0.05) is 0 Å². The van der Waals surface area contributed by atoms with E-state index in [1.54, 1.807) is 0 Å². The monoisotopic (exact) mass is 304 g/mol. The van der Waals surface area contributed by atoms with Gasteiger partial charge >= 0.3 is 6.18 Å². The summed E-state index contributed by atoms with van der Waals surface area (Å²) in [5.41, 5.74) is -1.48. The lowest BCUT2D eigenvalue weighted by molar-refractivity contribution is -0.137. The Labute approximate surface area is 119 Å². The van der Waals surface area contributed by atoms with Crippen molar-refractivity contribution < 1.29 is 22.4 Å². The molecule has 21 heavy (non-hydrogen) atoms. The number of carbonyl (C=O) groups excluding carboxylic acids is 1. The molecule has 3 nitrogen and oxygen atoms in total. The van der Waals surface area contributed by atoms with E-state index in [1.807, 2.05) is 0 Å². The van der Waals surface area contributed by atoms with Crippen LogP contribution < -0.4 is 5.32 Å². The quantitative estimate of drug-likeness (QED) is 0.867. The number of halogens is 4. The highest BCUT2D eigenvalue weighted by Crippen LogP contribution is 2.30. The number of hydrogen-bond donors (Lipinski definition) is 1. The zero-order valence-electron chi connectivity index (χ0n) is 11.3. The normalized spacial score (nSPS) is 16.2. The van der Waals surface area contributed by atoms with Gasteiger partial charge in [0.25, 0.3) is 5.91 Å². The van der Waals surface area contributed by atoms with E-state index < -0.39 is 23.5 Å². The molecule has 0 spiro atoms. The molecule has 1 aliphatic rings. The molecule has 116 valence electrons. The summed E-state index contributed by atoms with van der Waals surface area (Å²) in [6.07, 6.45) is -2.44. The van der Waals surface area contributed by atoms with Crippen LogP contribution in [0.15, 0.2) is 18.2 Å². The number of rotatable bonds is 4. The summed E-state index contributed by atoms with van der Waals surface area (Å²) in [7, 11) is 0. The standard InChI is InChI=1S/C14H16F4N2O/c15-12-8-10(7-11(9-12)14(16,17)18)13(21)19-3-6-20-4-1-2-5-20/h7-9H,1-6H2,(H,19,21). The lowest BCUT2D eigenvalue weighted by Gasteiger charge is -2.15. The van der Waals surface area contributed by atoms with Gasteiger partial charge in [-0.25, -0.2) is 4.39 Å². The van der Waals surface area contributed by atoms with Crippen LogP contribution in [0.2, 0.25) is 0 Å². The van der Waals surface area contributed by atoms with Crippen molar-refractivity contribution in [2.24, 2.45) is 0 Å². The summed E-state index contributed by atoms with van der Waals surface area (Å²) in [5.74, 6) is -1.77. The maximum absolute atomic E-state index is 13.2. The van der Waals surface area contributed by atoms with Crippen molar-refractivity contribution in [3.05, 3.63) is 35.1 Å². The maximum atomic E-state index is 13.2. The molecule has 1 fully saturated rings. The summed E-state index contributed by atoms with van der Waals surface area (Å²) >= 11 is 0. The molecule has 0 aliphatic carbocycles. The fourth-order valence-electron chi connectivity index (χ4n) is 2.32.